The molecule has 150 valence electrons. The molecule has 5 nitrogen and oxygen atoms in total. The summed E-state index contributed by atoms with van der Waals surface area (Å²) >= 11 is 1.51. The molecule has 1 aromatic heterocycles. The molecule has 3 aromatic rings. The number of aryl methyl sites for hydroxylation is 1. The second-order valence-corrected chi connectivity index (χ2v) is 8.60. The van der Waals surface area contributed by atoms with Crippen molar-refractivity contribution in [2.45, 2.75) is 26.4 Å². The average Bonchev–Trinajstić information content (AvgIpc) is 3.15. The molecule has 6 heteroatoms. The Kier molecular flexibility index (Phi) is 6.03. The summed E-state index contributed by atoms with van der Waals surface area (Å²) in [6.07, 6.45) is 2.50. The summed E-state index contributed by atoms with van der Waals surface area (Å²) < 4.78 is 0. The van der Waals surface area contributed by atoms with E-state index in [-0.39, 0.29) is 5.57 Å². The Hall–Kier alpha value is -3.27. The zero-order valence-corrected chi connectivity index (χ0v) is 17.6. The minimum Gasteiger partial charge on any atom is -0.326 e. The minimum absolute atomic E-state index is 0.0726. The van der Waals surface area contributed by atoms with Crippen LogP contribution >= 0.6 is 11.3 Å². The normalized spacial score (nSPS) is 15.9. The summed E-state index contributed by atoms with van der Waals surface area (Å²) in [5, 5.41) is 12.8. The van der Waals surface area contributed by atoms with E-state index in [2.05, 4.69) is 34.6 Å². The van der Waals surface area contributed by atoms with E-state index in [1.54, 1.807) is 6.08 Å². The molecule has 1 aliphatic heterocycles. The number of hydrogen-bond acceptors (Lipinski definition) is 4. The molecular formula is C24H23N4OS+. The number of thiazole rings is 1. The van der Waals surface area contributed by atoms with E-state index < -0.39 is 5.91 Å². The smallest absolute Gasteiger partial charge is 0.268 e. The summed E-state index contributed by atoms with van der Waals surface area (Å²) in [7, 11) is 0. The molecule has 0 bridgehead atoms. The standard InChI is InChI=1S/C24H22N4OS/c1-17-7-9-18(10-8-17)13-20(14-25)23(29)27-24-26-21-11-12-28(16-22(21)30-24)15-19-5-3-2-4-6-19/h2-10,13H,11-12,15-16H2,1H3,(H,26,27,29)/p+1/b20-13+. The monoisotopic (exact) mass is 415 g/mol. The largest absolute Gasteiger partial charge is 0.326 e. The lowest BCUT2D eigenvalue weighted by Crippen LogP contribution is -3.10. The predicted molar refractivity (Wildman–Crippen MR) is 119 cm³/mol. The van der Waals surface area contributed by atoms with Crippen LogP contribution in [0.2, 0.25) is 0 Å². The van der Waals surface area contributed by atoms with Crippen LogP contribution in [-0.2, 0) is 24.3 Å². The molecule has 2 heterocycles. The van der Waals surface area contributed by atoms with Gasteiger partial charge in [-0.3, -0.25) is 10.1 Å². The Morgan fingerprint density at radius 3 is 2.73 bits per heavy atom. The molecule has 0 spiro atoms. The van der Waals surface area contributed by atoms with Crippen LogP contribution < -0.4 is 10.2 Å². The van der Waals surface area contributed by atoms with Crippen LogP contribution in [0.15, 0.2) is 60.2 Å². The fraction of sp³-hybridized carbons (Fsp3) is 0.208. The van der Waals surface area contributed by atoms with Gasteiger partial charge in [0.15, 0.2) is 5.13 Å². The molecule has 30 heavy (non-hydrogen) atoms. The lowest BCUT2D eigenvalue weighted by molar-refractivity contribution is -0.929. The van der Waals surface area contributed by atoms with E-state index in [4.69, 9.17) is 0 Å². The number of fused-ring (bicyclic) bond motifs is 1. The number of nitrogens with zero attached hydrogens (tertiary/aromatic N) is 2. The number of amides is 1. The highest BCUT2D eigenvalue weighted by Gasteiger charge is 2.24. The van der Waals surface area contributed by atoms with Crippen molar-refractivity contribution in [2.24, 2.45) is 0 Å². The SMILES string of the molecule is Cc1ccc(/C=C(\C#N)C(=O)Nc2nc3c(s2)C[NH+](Cc2ccccc2)CC3)cc1. The van der Waals surface area contributed by atoms with Gasteiger partial charge in [-0.25, -0.2) is 4.98 Å². The number of rotatable bonds is 5. The second-order valence-electron chi connectivity index (χ2n) is 7.51. The number of quaternary nitrogens is 1. The van der Waals surface area contributed by atoms with Crippen LogP contribution in [0.5, 0.6) is 0 Å². The number of hydrogen-bond donors (Lipinski definition) is 2. The summed E-state index contributed by atoms with van der Waals surface area (Å²) in [6, 6.07) is 20.2. The van der Waals surface area contributed by atoms with Crippen molar-refractivity contribution >= 4 is 28.5 Å². The van der Waals surface area contributed by atoms with Crippen molar-refractivity contribution in [2.75, 3.05) is 11.9 Å². The van der Waals surface area contributed by atoms with Crippen molar-refractivity contribution < 1.29 is 9.69 Å². The molecule has 1 aliphatic rings. The third-order valence-electron chi connectivity index (χ3n) is 5.18. The predicted octanol–water partition coefficient (Wildman–Crippen LogP) is 3.14. The lowest BCUT2D eigenvalue weighted by atomic mass is 10.1. The third kappa shape index (κ3) is 4.82. The van der Waals surface area contributed by atoms with Gasteiger partial charge in [-0.15, -0.1) is 0 Å². The maximum absolute atomic E-state index is 12.6. The third-order valence-corrected chi connectivity index (χ3v) is 6.19. The van der Waals surface area contributed by atoms with E-state index in [0.29, 0.717) is 5.13 Å². The Morgan fingerprint density at radius 2 is 2.00 bits per heavy atom. The maximum atomic E-state index is 12.6. The highest BCUT2D eigenvalue weighted by Crippen LogP contribution is 2.25. The van der Waals surface area contributed by atoms with Gasteiger partial charge in [-0.1, -0.05) is 71.5 Å². The van der Waals surface area contributed by atoms with Crippen LogP contribution in [0.3, 0.4) is 0 Å². The van der Waals surface area contributed by atoms with Crippen molar-refractivity contribution in [1.29, 1.82) is 5.26 Å². The molecule has 0 aliphatic carbocycles. The number of aromatic nitrogens is 1. The van der Waals surface area contributed by atoms with Crippen molar-refractivity contribution in [1.82, 2.24) is 4.98 Å². The lowest BCUT2D eigenvalue weighted by Gasteiger charge is -2.22. The van der Waals surface area contributed by atoms with E-state index in [9.17, 15) is 10.1 Å². The molecule has 1 amide bonds. The van der Waals surface area contributed by atoms with E-state index in [1.165, 1.54) is 26.7 Å². The second kappa shape index (κ2) is 9.04. The van der Waals surface area contributed by atoms with Crippen LogP contribution in [0, 0.1) is 18.3 Å². The molecule has 2 N–H and O–H groups in total. The molecule has 1 unspecified atom stereocenters. The van der Waals surface area contributed by atoms with E-state index >= 15 is 0 Å². The van der Waals surface area contributed by atoms with Crippen molar-refractivity contribution in [3.8, 4) is 6.07 Å². The quantitative estimate of drug-likeness (QED) is 0.497. The van der Waals surface area contributed by atoms with E-state index in [0.717, 1.165) is 42.9 Å². The molecule has 1 atom stereocenters. The van der Waals surface area contributed by atoms with Crippen LogP contribution in [0.1, 0.15) is 27.3 Å². The van der Waals surface area contributed by atoms with Gasteiger partial charge < -0.3 is 4.90 Å². The Morgan fingerprint density at radius 1 is 1.23 bits per heavy atom. The van der Waals surface area contributed by atoms with Gasteiger partial charge >= 0.3 is 0 Å². The highest BCUT2D eigenvalue weighted by atomic mass is 32.1. The Balaban J connectivity index is 1.43. The number of anilines is 1. The number of benzene rings is 2. The zero-order chi connectivity index (χ0) is 20.9. The van der Waals surface area contributed by atoms with Crippen molar-refractivity contribution in [3.63, 3.8) is 0 Å². The summed E-state index contributed by atoms with van der Waals surface area (Å²) in [5.41, 5.74) is 4.42. The van der Waals surface area contributed by atoms with Crippen molar-refractivity contribution in [3.05, 3.63) is 87.4 Å². The fourth-order valence-corrected chi connectivity index (χ4v) is 4.63. The average molecular weight is 416 g/mol. The van der Waals surface area contributed by atoms with Gasteiger partial charge in [0.2, 0.25) is 0 Å². The van der Waals surface area contributed by atoms with Gasteiger partial charge in [0.1, 0.15) is 24.7 Å². The van der Waals surface area contributed by atoms with Gasteiger partial charge in [0.05, 0.1) is 17.1 Å². The molecule has 0 saturated carbocycles. The number of nitriles is 1. The molecule has 0 saturated heterocycles. The van der Waals surface area contributed by atoms with Crippen LogP contribution in [-0.4, -0.2) is 17.4 Å². The minimum atomic E-state index is -0.419. The summed E-state index contributed by atoms with van der Waals surface area (Å²) in [5.74, 6) is -0.419. The molecule has 2 aromatic carbocycles. The molecule has 0 fully saturated rings. The van der Waals surface area contributed by atoms with Gasteiger partial charge in [-0.2, -0.15) is 5.26 Å². The topological polar surface area (TPSA) is 70.2 Å². The van der Waals surface area contributed by atoms with Gasteiger partial charge in [-0.05, 0) is 18.6 Å². The van der Waals surface area contributed by atoms with E-state index in [1.807, 2.05) is 43.3 Å². The highest BCUT2D eigenvalue weighted by molar-refractivity contribution is 7.15. The Labute approximate surface area is 180 Å². The van der Waals surface area contributed by atoms with Crippen LogP contribution in [0.25, 0.3) is 6.08 Å². The van der Waals surface area contributed by atoms with Gasteiger partial charge in [0.25, 0.3) is 5.91 Å². The maximum Gasteiger partial charge on any atom is 0.268 e. The number of carbonyl (C=O) groups is 1. The molecule has 0 radical (unpaired) electrons. The molecular weight excluding hydrogens is 392 g/mol. The first-order valence-electron chi connectivity index (χ1n) is 9.96. The van der Waals surface area contributed by atoms with Crippen LogP contribution in [0.4, 0.5) is 5.13 Å². The first kappa shape index (κ1) is 20.0. The van der Waals surface area contributed by atoms with Gasteiger partial charge in [0, 0.05) is 12.0 Å². The summed E-state index contributed by atoms with van der Waals surface area (Å²) in [4.78, 5) is 19.9. The zero-order valence-electron chi connectivity index (χ0n) is 16.8. The fourth-order valence-electron chi connectivity index (χ4n) is 3.56. The number of carbonyl (C=O) groups excluding carboxylic acids is 1. The number of nitrogens with one attached hydrogen (secondary N) is 2. The summed E-state index contributed by atoms with van der Waals surface area (Å²) in [6.45, 7) is 4.91. The Bertz CT molecular complexity index is 1110. The first-order valence-corrected chi connectivity index (χ1v) is 10.8. The first-order chi connectivity index (χ1) is 14.6. The molecule has 4 rings (SSSR count).